The number of rotatable bonds is 7. The van der Waals surface area contributed by atoms with Crippen molar-refractivity contribution in [3.05, 3.63) is 78.1 Å². The lowest BCUT2D eigenvalue weighted by atomic mass is 10.1. The van der Waals surface area contributed by atoms with Crippen LogP contribution in [-0.4, -0.2) is 62.2 Å². The van der Waals surface area contributed by atoms with Gasteiger partial charge in [-0.15, -0.1) is 6.58 Å². The largest absolute Gasteiger partial charge is 0.349 e. The van der Waals surface area contributed by atoms with Gasteiger partial charge in [0.2, 0.25) is 15.9 Å². The minimum atomic E-state index is -3.80. The Hall–Kier alpha value is -3.04. The molecule has 1 fully saturated rings. The molecule has 1 N–H and O–H groups in total. The standard InChI is InChI=1S/C22H24FN3O4S/c1-2-10-24-22(28)18-4-3-5-20(16-18)31(29,30)26-13-11-25(12-14-26)21(27)15-17-6-8-19(23)9-7-17/h2-9,16H,1,10-15H2,(H,24,28). The van der Waals surface area contributed by atoms with Crippen molar-refractivity contribution in [3.8, 4) is 0 Å². The van der Waals surface area contributed by atoms with Gasteiger partial charge in [-0.05, 0) is 35.9 Å². The average Bonchev–Trinajstić information content (AvgIpc) is 2.79. The average molecular weight is 446 g/mol. The number of nitrogens with zero attached hydrogens (tertiary/aromatic N) is 2. The lowest BCUT2D eigenvalue weighted by Gasteiger charge is -2.34. The first kappa shape index (κ1) is 22.6. The van der Waals surface area contributed by atoms with E-state index in [4.69, 9.17) is 0 Å². The minimum Gasteiger partial charge on any atom is -0.349 e. The molecule has 9 heteroatoms. The second-order valence-corrected chi connectivity index (χ2v) is 9.05. The highest BCUT2D eigenvalue weighted by Crippen LogP contribution is 2.19. The Morgan fingerprint density at radius 3 is 2.39 bits per heavy atom. The second-order valence-electron chi connectivity index (χ2n) is 7.11. The van der Waals surface area contributed by atoms with Crippen LogP contribution >= 0.6 is 0 Å². The van der Waals surface area contributed by atoms with Gasteiger partial charge < -0.3 is 10.2 Å². The fourth-order valence-corrected chi connectivity index (χ4v) is 4.75. The molecule has 0 aromatic heterocycles. The van der Waals surface area contributed by atoms with Crippen molar-refractivity contribution < 1.29 is 22.4 Å². The first-order valence-electron chi connectivity index (χ1n) is 9.83. The van der Waals surface area contributed by atoms with Crippen LogP contribution in [0.3, 0.4) is 0 Å². The predicted octanol–water partition coefficient (Wildman–Crippen LogP) is 1.82. The molecule has 2 aromatic carbocycles. The van der Waals surface area contributed by atoms with Crippen molar-refractivity contribution in [1.29, 1.82) is 0 Å². The van der Waals surface area contributed by atoms with Crippen LogP contribution in [0, 0.1) is 5.82 Å². The Morgan fingerprint density at radius 1 is 1.06 bits per heavy atom. The van der Waals surface area contributed by atoms with Crippen LogP contribution in [0.15, 0.2) is 66.1 Å². The van der Waals surface area contributed by atoms with Crippen molar-refractivity contribution in [2.75, 3.05) is 32.7 Å². The van der Waals surface area contributed by atoms with Crippen LogP contribution in [0.1, 0.15) is 15.9 Å². The molecule has 164 valence electrons. The van der Waals surface area contributed by atoms with Gasteiger partial charge in [-0.1, -0.05) is 24.3 Å². The Labute approximate surface area is 181 Å². The Bertz CT molecular complexity index is 1060. The van der Waals surface area contributed by atoms with E-state index in [0.717, 1.165) is 0 Å². The Kier molecular flexibility index (Phi) is 7.19. The number of piperazine rings is 1. The number of halogens is 1. The molecule has 0 bridgehead atoms. The summed E-state index contributed by atoms with van der Waals surface area (Å²) < 4.78 is 40.4. The molecule has 0 atom stereocenters. The van der Waals surface area contributed by atoms with Crippen molar-refractivity contribution in [2.24, 2.45) is 0 Å². The topological polar surface area (TPSA) is 86.8 Å². The van der Waals surface area contributed by atoms with E-state index in [1.807, 2.05) is 0 Å². The molecule has 2 amide bonds. The van der Waals surface area contributed by atoms with Crippen molar-refractivity contribution in [2.45, 2.75) is 11.3 Å². The molecular weight excluding hydrogens is 421 g/mol. The van der Waals surface area contributed by atoms with Gasteiger partial charge in [0, 0.05) is 38.3 Å². The molecule has 0 spiro atoms. The monoisotopic (exact) mass is 445 g/mol. The summed E-state index contributed by atoms with van der Waals surface area (Å²) in [5, 5.41) is 2.62. The SMILES string of the molecule is C=CCNC(=O)c1cccc(S(=O)(=O)N2CCN(C(=O)Cc3ccc(F)cc3)CC2)c1. The summed E-state index contributed by atoms with van der Waals surface area (Å²) in [5.74, 6) is -0.880. The predicted molar refractivity (Wildman–Crippen MR) is 114 cm³/mol. The fourth-order valence-electron chi connectivity index (χ4n) is 3.28. The minimum absolute atomic E-state index is 0.0323. The van der Waals surface area contributed by atoms with Crippen molar-refractivity contribution in [1.82, 2.24) is 14.5 Å². The van der Waals surface area contributed by atoms with Gasteiger partial charge in [0.25, 0.3) is 5.91 Å². The summed E-state index contributed by atoms with van der Waals surface area (Å²) in [6.45, 7) is 4.65. The molecule has 0 saturated carbocycles. The van der Waals surface area contributed by atoms with Gasteiger partial charge >= 0.3 is 0 Å². The third-order valence-corrected chi connectivity index (χ3v) is 6.90. The molecule has 1 aliphatic heterocycles. The van der Waals surface area contributed by atoms with E-state index in [9.17, 15) is 22.4 Å². The smallest absolute Gasteiger partial charge is 0.251 e. The van der Waals surface area contributed by atoms with E-state index in [1.54, 1.807) is 23.1 Å². The zero-order chi connectivity index (χ0) is 22.4. The number of carbonyl (C=O) groups excluding carboxylic acids is 2. The van der Waals surface area contributed by atoms with Gasteiger partial charge in [-0.25, -0.2) is 12.8 Å². The van der Waals surface area contributed by atoms with Crippen molar-refractivity contribution >= 4 is 21.8 Å². The van der Waals surface area contributed by atoms with Crippen LogP contribution in [-0.2, 0) is 21.2 Å². The van der Waals surface area contributed by atoms with E-state index in [2.05, 4.69) is 11.9 Å². The third kappa shape index (κ3) is 5.56. The van der Waals surface area contributed by atoms with E-state index < -0.39 is 10.0 Å². The maximum Gasteiger partial charge on any atom is 0.251 e. The molecule has 1 aliphatic rings. The van der Waals surface area contributed by atoms with Crippen LogP contribution in [0.2, 0.25) is 0 Å². The van der Waals surface area contributed by atoms with Gasteiger partial charge in [-0.3, -0.25) is 9.59 Å². The number of nitrogens with one attached hydrogen (secondary N) is 1. The van der Waals surface area contributed by atoms with Gasteiger partial charge in [-0.2, -0.15) is 4.31 Å². The van der Waals surface area contributed by atoms with Gasteiger partial charge in [0.05, 0.1) is 11.3 Å². The summed E-state index contributed by atoms with van der Waals surface area (Å²) in [7, 11) is -3.80. The first-order valence-corrected chi connectivity index (χ1v) is 11.3. The highest BCUT2D eigenvalue weighted by Gasteiger charge is 2.30. The molecule has 2 aromatic rings. The van der Waals surface area contributed by atoms with E-state index in [-0.39, 0.29) is 67.2 Å². The van der Waals surface area contributed by atoms with Crippen LogP contribution in [0.25, 0.3) is 0 Å². The fraction of sp³-hybridized carbons (Fsp3) is 0.273. The number of benzene rings is 2. The Morgan fingerprint density at radius 2 is 1.74 bits per heavy atom. The third-order valence-electron chi connectivity index (χ3n) is 5.00. The number of amides is 2. The normalized spacial score (nSPS) is 14.8. The van der Waals surface area contributed by atoms with Crippen LogP contribution < -0.4 is 5.32 Å². The maximum absolute atomic E-state index is 13.0. The molecule has 1 heterocycles. The highest BCUT2D eigenvalue weighted by atomic mass is 32.2. The van der Waals surface area contributed by atoms with Crippen LogP contribution in [0.4, 0.5) is 4.39 Å². The second kappa shape index (κ2) is 9.84. The van der Waals surface area contributed by atoms with Crippen molar-refractivity contribution in [3.63, 3.8) is 0 Å². The highest BCUT2D eigenvalue weighted by molar-refractivity contribution is 7.89. The number of hydrogen-bond donors (Lipinski definition) is 1. The number of carbonyl (C=O) groups is 2. The van der Waals surface area contributed by atoms with Gasteiger partial charge in [0.15, 0.2) is 0 Å². The number of hydrogen-bond acceptors (Lipinski definition) is 4. The summed E-state index contributed by atoms with van der Waals surface area (Å²) in [4.78, 5) is 26.2. The molecular formula is C22H24FN3O4S. The quantitative estimate of drug-likeness (QED) is 0.659. The lowest BCUT2D eigenvalue weighted by molar-refractivity contribution is -0.131. The Balaban J connectivity index is 1.63. The lowest BCUT2D eigenvalue weighted by Crippen LogP contribution is -2.50. The molecule has 31 heavy (non-hydrogen) atoms. The molecule has 3 rings (SSSR count). The van der Waals surface area contributed by atoms with E-state index >= 15 is 0 Å². The number of sulfonamides is 1. The molecule has 1 saturated heterocycles. The van der Waals surface area contributed by atoms with E-state index in [0.29, 0.717) is 5.56 Å². The zero-order valence-corrected chi connectivity index (χ0v) is 17.8. The summed E-state index contributed by atoms with van der Waals surface area (Å²) >= 11 is 0. The first-order chi connectivity index (χ1) is 14.8. The van der Waals surface area contributed by atoms with Gasteiger partial charge in [0.1, 0.15) is 5.82 Å². The van der Waals surface area contributed by atoms with E-state index in [1.165, 1.54) is 40.7 Å². The molecule has 0 radical (unpaired) electrons. The zero-order valence-electron chi connectivity index (χ0n) is 17.0. The molecule has 0 aliphatic carbocycles. The maximum atomic E-state index is 13.0. The summed E-state index contributed by atoms with van der Waals surface area (Å²) in [6.07, 6.45) is 1.67. The summed E-state index contributed by atoms with van der Waals surface area (Å²) in [6, 6.07) is 11.6. The summed E-state index contributed by atoms with van der Waals surface area (Å²) in [5.41, 5.74) is 0.948. The molecule has 0 unspecified atom stereocenters. The van der Waals surface area contributed by atoms with Crippen LogP contribution in [0.5, 0.6) is 0 Å². The molecule has 7 nitrogen and oxygen atoms in total.